The highest BCUT2D eigenvalue weighted by molar-refractivity contribution is 6.09. The molecule has 0 radical (unpaired) electrons. The molecular formula is C24H22N2. The van der Waals surface area contributed by atoms with Gasteiger partial charge in [-0.3, -0.25) is 9.97 Å². The molecule has 0 fully saturated rings. The van der Waals surface area contributed by atoms with Gasteiger partial charge >= 0.3 is 0 Å². The first-order valence-corrected chi connectivity index (χ1v) is 8.62. The lowest BCUT2D eigenvalue weighted by molar-refractivity contribution is 1.36. The van der Waals surface area contributed by atoms with Gasteiger partial charge < -0.3 is 0 Å². The number of benzene rings is 1. The van der Waals surface area contributed by atoms with Gasteiger partial charge in [0.1, 0.15) is 0 Å². The van der Waals surface area contributed by atoms with E-state index in [1.165, 1.54) is 11.1 Å². The van der Waals surface area contributed by atoms with Crippen LogP contribution in [0.25, 0.3) is 33.0 Å². The van der Waals surface area contributed by atoms with E-state index in [1.54, 1.807) is 6.08 Å². The van der Waals surface area contributed by atoms with Crippen LogP contribution < -0.4 is 0 Å². The zero-order valence-corrected chi connectivity index (χ0v) is 15.2. The van der Waals surface area contributed by atoms with Crippen LogP contribution in [0.1, 0.15) is 25.0 Å². The molecular weight excluding hydrogens is 316 g/mol. The van der Waals surface area contributed by atoms with Gasteiger partial charge in [-0.05, 0) is 48.3 Å². The van der Waals surface area contributed by atoms with Crippen LogP contribution in [0.3, 0.4) is 0 Å². The number of pyridine rings is 2. The van der Waals surface area contributed by atoms with Crippen LogP contribution in [0.4, 0.5) is 0 Å². The Kier molecular flexibility index (Phi) is 5.23. The van der Waals surface area contributed by atoms with Crippen molar-refractivity contribution in [3.05, 3.63) is 97.4 Å². The summed E-state index contributed by atoms with van der Waals surface area (Å²) in [5, 5.41) is 2.16. The van der Waals surface area contributed by atoms with Gasteiger partial charge in [0, 0.05) is 23.2 Å². The van der Waals surface area contributed by atoms with Gasteiger partial charge in [0.2, 0.25) is 0 Å². The standard InChI is InChI=1S/C24H22N2/c1-5-7-9-17(3)19-13-15-25-23-21(19)11-12-22-20(14-16-26-24(22)23)18(4)10-8-6-2/h5-16H,1,3H2,2,4H3/b8-6-,9-7-,18-10+. The number of rotatable bonds is 5. The van der Waals surface area contributed by atoms with Crippen molar-refractivity contribution in [1.29, 1.82) is 0 Å². The van der Waals surface area contributed by atoms with E-state index in [4.69, 9.17) is 0 Å². The third-order valence-corrected chi connectivity index (χ3v) is 4.36. The van der Waals surface area contributed by atoms with Crippen LogP contribution in [0, 0.1) is 0 Å². The van der Waals surface area contributed by atoms with Crippen molar-refractivity contribution < 1.29 is 0 Å². The second-order valence-corrected chi connectivity index (χ2v) is 6.07. The van der Waals surface area contributed by atoms with Gasteiger partial charge in [0.15, 0.2) is 0 Å². The molecule has 1 aromatic carbocycles. The molecule has 2 aromatic heterocycles. The molecule has 2 heterocycles. The number of hydrogen-bond acceptors (Lipinski definition) is 2. The minimum absolute atomic E-state index is 0.897. The molecule has 0 saturated heterocycles. The maximum Gasteiger partial charge on any atom is 0.0970 e. The summed E-state index contributed by atoms with van der Waals surface area (Å²) in [5.74, 6) is 0. The molecule has 128 valence electrons. The van der Waals surface area contributed by atoms with Gasteiger partial charge in [-0.2, -0.15) is 0 Å². The Bertz CT molecular complexity index is 1080. The third-order valence-electron chi connectivity index (χ3n) is 4.36. The molecule has 0 unspecified atom stereocenters. The van der Waals surface area contributed by atoms with Crippen molar-refractivity contribution in [1.82, 2.24) is 9.97 Å². The van der Waals surface area contributed by atoms with E-state index in [0.717, 1.165) is 32.9 Å². The van der Waals surface area contributed by atoms with Gasteiger partial charge in [-0.1, -0.05) is 61.7 Å². The maximum absolute atomic E-state index is 4.62. The van der Waals surface area contributed by atoms with Crippen LogP contribution in [0.5, 0.6) is 0 Å². The number of fused-ring (bicyclic) bond motifs is 3. The molecule has 3 aromatic rings. The van der Waals surface area contributed by atoms with Crippen LogP contribution in [0.2, 0.25) is 0 Å². The molecule has 0 atom stereocenters. The number of hydrogen-bond donors (Lipinski definition) is 0. The Labute approximate surface area is 154 Å². The fraction of sp³-hybridized carbons (Fsp3) is 0.0833. The van der Waals surface area contributed by atoms with Gasteiger partial charge in [0.05, 0.1) is 11.0 Å². The highest BCUT2D eigenvalue weighted by Crippen LogP contribution is 2.31. The van der Waals surface area contributed by atoms with Crippen LogP contribution in [0.15, 0.2) is 86.3 Å². The molecule has 0 spiro atoms. The highest BCUT2D eigenvalue weighted by Gasteiger charge is 2.11. The predicted molar refractivity (Wildman–Crippen MR) is 114 cm³/mol. The summed E-state index contributed by atoms with van der Waals surface area (Å²) in [6.45, 7) is 12.0. The Morgan fingerprint density at radius 3 is 2.15 bits per heavy atom. The fourth-order valence-corrected chi connectivity index (χ4v) is 3.06. The zero-order valence-electron chi connectivity index (χ0n) is 15.2. The van der Waals surface area contributed by atoms with Crippen molar-refractivity contribution >= 4 is 33.0 Å². The minimum Gasteiger partial charge on any atom is -0.254 e. The van der Waals surface area contributed by atoms with E-state index >= 15 is 0 Å². The molecule has 0 saturated carbocycles. The minimum atomic E-state index is 0.897. The molecule has 2 nitrogen and oxygen atoms in total. The van der Waals surface area contributed by atoms with Gasteiger partial charge in [0.25, 0.3) is 0 Å². The van der Waals surface area contributed by atoms with Crippen molar-refractivity contribution in [2.75, 3.05) is 0 Å². The number of nitrogens with zero attached hydrogens (tertiary/aromatic N) is 2. The molecule has 0 aliphatic rings. The summed E-state index contributed by atoms with van der Waals surface area (Å²) >= 11 is 0. The van der Waals surface area contributed by atoms with E-state index < -0.39 is 0 Å². The second kappa shape index (κ2) is 7.75. The summed E-state index contributed by atoms with van der Waals surface area (Å²) in [6.07, 6.45) is 15.5. The highest BCUT2D eigenvalue weighted by atomic mass is 14.7. The molecule has 0 bridgehead atoms. The van der Waals surface area contributed by atoms with E-state index in [9.17, 15) is 0 Å². The molecule has 0 N–H and O–H groups in total. The smallest absolute Gasteiger partial charge is 0.0970 e. The Hall–Kier alpha value is -3.26. The second-order valence-electron chi connectivity index (χ2n) is 6.07. The Balaban J connectivity index is 2.27. The van der Waals surface area contributed by atoms with Crippen molar-refractivity contribution in [3.8, 4) is 0 Å². The topological polar surface area (TPSA) is 25.8 Å². The lowest BCUT2D eigenvalue weighted by Gasteiger charge is -2.11. The van der Waals surface area contributed by atoms with E-state index in [1.807, 2.05) is 43.6 Å². The molecule has 0 aliphatic carbocycles. The van der Waals surface area contributed by atoms with E-state index in [2.05, 4.69) is 60.4 Å². The first kappa shape index (κ1) is 17.6. The summed E-state index contributed by atoms with van der Waals surface area (Å²) in [5.41, 5.74) is 6.17. The summed E-state index contributed by atoms with van der Waals surface area (Å²) in [4.78, 5) is 9.24. The predicted octanol–water partition coefficient (Wildman–Crippen LogP) is 6.52. The van der Waals surface area contributed by atoms with Crippen LogP contribution in [-0.4, -0.2) is 9.97 Å². The fourth-order valence-electron chi connectivity index (χ4n) is 3.06. The average Bonchev–Trinajstić information content (AvgIpc) is 2.68. The van der Waals surface area contributed by atoms with Crippen molar-refractivity contribution in [2.45, 2.75) is 13.8 Å². The van der Waals surface area contributed by atoms with Crippen molar-refractivity contribution in [2.24, 2.45) is 0 Å². The first-order chi connectivity index (χ1) is 12.7. The zero-order chi connectivity index (χ0) is 18.5. The third kappa shape index (κ3) is 3.27. The van der Waals surface area contributed by atoms with Crippen LogP contribution in [-0.2, 0) is 0 Å². The molecule has 0 aliphatic heterocycles. The van der Waals surface area contributed by atoms with E-state index in [-0.39, 0.29) is 0 Å². The summed E-state index contributed by atoms with van der Waals surface area (Å²) in [6, 6.07) is 8.29. The first-order valence-electron chi connectivity index (χ1n) is 8.62. The quantitative estimate of drug-likeness (QED) is 0.391. The van der Waals surface area contributed by atoms with Crippen LogP contribution >= 0.6 is 0 Å². The maximum atomic E-state index is 4.62. The van der Waals surface area contributed by atoms with Crippen molar-refractivity contribution in [3.63, 3.8) is 0 Å². The van der Waals surface area contributed by atoms with E-state index in [0.29, 0.717) is 0 Å². The lowest BCUT2D eigenvalue weighted by Crippen LogP contribution is -1.92. The normalized spacial score (nSPS) is 12.5. The largest absolute Gasteiger partial charge is 0.254 e. The summed E-state index contributed by atoms with van der Waals surface area (Å²) < 4.78 is 0. The number of aromatic nitrogens is 2. The SMILES string of the molecule is C=C/C=C\C(=C)c1ccnc2c1ccc1c(/C(C)=C/C=C\C)ccnc12. The molecule has 0 amide bonds. The van der Waals surface area contributed by atoms with Gasteiger partial charge in [-0.15, -0.1) is 0 Å². The average molecular weight is 338 g/mol. The molecule has 26 heavy (non-hydrogen) atoms. The summed E-state index contributed by atoms with van der Waals surface area (Å²) in [7, 11) is 0. The Morgan fingerprint density at radius 1 is 0.923 bits per heavy atom. The molecule has 2 heteroatoms. The van der Waals surface area contributed by atoms with Gasteiger partial charge in [-0.25, -0.2) is 0 Å². The number of allylic oxidation sites excluding steroid dienone is 8. The molecule has 3 rings (SSSR count). The lowest BCUT2D eigenvalue weighted by atomic mass is 9.97. The monoisotopic (exact) mass is 338 g/mol. The Morgan fingerprint density at radius 2 is 1.54 bits per heavy atom.